The first-order valence-electron chi connectivity index (χ1n) is 7.68. The van der Waals surface area contributed by atoms with Gasteiger partial charge in [0.25, 0.3) is 0 Å². The van der Waals surface area contributed by atoms with E-state index in [1.54, 1.807) is 29.5 Å². The molecule has 1 aromatic heterocycles. The summed E-state index contributed by atoms with van der Waals surface area (Å²) >= 11 is 1.55. The topological polar surface area (TPSA) is 66.5 Å². The summed E-state index contributed by atoms with van der Waals surface area (Å²) in [5.74, 6) is -0.251. The van der Waals surface area contributed by atoms with Crippen LogP contribution < -0.4 is 5.32 Å². The van der Waals surface area contributed by atoms with Gasteiger partial charge < -0.3 is 5.32 Å². The van der Waals surface area contributed by atoms with E-state index in [1.165, 1.54) is 22.5 Å². The molecule has 5 nitrogen and oxygen atoms in total. The summed E-state index contributed by atoms with van der Waals surface area (Å²) in [5.41, 5.74) is 0.566. The van der Waals surface area contributed by atoms with Crippen LogP contribution in [0.3, 0.4) is 0 Å². The van der Waals surface area contributed by atoms with Gasteiger partial charge in [0, 0.05) is 29.7 Å². The van der Waals surface area contributed by atoms with E-state index in [0.29, 0.717) is 18.8 Å². The van der Waals surface area contributed by atoms with Crippen LogP contribution in [0.4, 0.5) is 5.69 Å². The number of rotatable bonds is 5. The maximum absolute atomic E-state index is 12.4. The molecule has 7 heteroatoms. The van der Waals surface area contributed by atoms with Gasteiger partial charge in [0.2, 0.25) is 15.9 Å². The normalized spacial score (nSPS) is 15.8. The van der Waals surface area contributed by atoms with E-state index >= 15 is 0 Å². The molecule has 0 spiro atoms. The number of anilines is 1. The molecule has 1 amide bonds. The lowest BCUT2D eigenvalue weighted by atomic mass is 10.3. The number of hydrogen-bond acceptors (Lipinski definition) is 4. The van der Waals surface area contributed by atoms with E-state index in [2.05, 4.69) is 5.32 Å². The Kier molecular flexibility index (Phi) is 5.13. The highest BCUT2D eigenvalue weighted by atomic mass is 32.2. The average molecular weight is 362 g/mol. The molecule has 1 fully saturated rings. The molecule has 0 aliphatic carbocycles. The summed E-state index contributed by atoms with van der Waals surface area (Å²) in [6.07, 6.45) is 5.01. The lowest BCUT2D eigenvalue weighted by Gasteiger charge is -2.15. The Bertz CT molecular complexity index is 819. The Morgan fingerprint density at radius 3 is 2.46 bits per heavy atom. The number of carbonyl (C=O) groups excluding carboxylic acids is 1. The molecule has 1 aromatic carbocycles. The lowest BCUT2D eigenvalue weighted by molar-refractivity contribution is -0.111. The molecule has 0 atom stereocenters. The first-order chi connectivity index (χ1) is 11.6. The van der Waals surface area contributed by atoms with Gasteiger partial charge in [-0.3, -0.25) is 4.79 Å². The Labute approximate surface area is 145 Å². The molecule has 1 aliphatic rings. The second-order valence-corrected chi connectivity index (χ2v) is 8.39. The summed E-state index contributed by atoms with van der Waals surface area (Å²) in [7, 11) is -3.42. The fraction of sp³-hybridized carbons (Fsp3) is 0.235. The predicted octanol–water partition coefficient (Wildman–Crippen LogP) is 3.18. The molecular formula is C17H18N2O3S2. The van der Waals surface area contributed by atoms with Gasteiger partial charge >= 0.3 is 0 Å². The fourth-order valence-electron chi connectivity index (χ4n) is 2.52. The number of nitrogens with zero attached hydrogens (tertiary/aromatic N) is 1. The maximum Gasteiger partial charge on any atom is 0.248 e. The quantitative estimate of drug-likeness (QED) is 0.831. The second kappa shape index (κ2) is 7.29. The van der Waals surface area contributed by atoms with E-state index in [4.69, 9.17) is 0 Å². The van der Waals surface area contributed by atoms with Gasteiger partial charge in [-0.1, -0.05) is 6.07 Å². The molecule has 1 N–H and O–H groups in total. The minimum atomic E-state index is -3.42. The number of hydrogen-bond donors (Lipinski definition) is 1. The Balaban J connectivity index is 1.65. The number of carbonyl (C=O) groups is 1. The first kappa shape index (κ1) is 16.9. The van der Waals surface area contributed by atoms with Crippen molar-refractivity contribution in [1.29, 1.82) is 0 Å². The Morgan fingerprint density at radius 2 is 1.83 bits per heavy atom. The van der Waals surface area contributed by atoms with Crippen molar-refractivity contribution in [3.05, 3.63) is 52.7 Å². The van der Waals surface area contributed by atoms with Crippen molar-refractivity contribution in [3.63, 3.8) is 0 Å². The van der Waals surface area contributed by atoms with Crippen molar-refractivity contribution in [3.8, 4) is 0 Å². The predicted molar refractivity (Wildman–Crippen MR) is 96.4 cm³/mol. The minimum absolute atomic E-state index is 0.251. The van der Waals surface area contributed by atoms with Gasteiger partial charge in [-0.15, -0.1) is 11.3 Å². The summed E-state index contributed by atoms with van der Waals surface area (Å²) in [4.78, 5) is 13.1. The number of benzene rings is 1. The zero-order valence-corrected chi connectivity index (χ0v) is 14.6. The van der Waals surface area contributed by atoms with Crippen LogP contribution in [0.15, 0.2) is 52.7 Å². The average Bonchev–Trinajstić information content (AvgIpc) is 3.27. The summed E-state index contributed by atoms with van der Waals surface area (Å²) in [5, 5.41) is 4.66. The van der Waals surface area contributed by atoms with Crippen molar-refractivity contribution in [2.75, 3.05) is 18.4 Å². The van der Waals surface area contributed by atoms with Crippen molar-refractivity contribution < 1.29 is 13.2 Å². The molecule has 1 aliphatic heterocycles. The SMILES string of the molecule is O=C(C=Cc1cccs1)Nc1ccc(S(=O)(=O)N2CCCC2)cc1. The molecule has 2 heterocycles. The molecule has 126 valence electrons. The van der Waals surface area contributed by atoms with Gasteiger partial charge in [-0.2, -0.15) is 4.31 Å². The summed E-state index contributed by atoms with van der Waals surface area (Å²) < 4.78 is 26.4. The highest BCUT2D eigenvalue weighted by Gasteiger charge is 2.26. The third-order valence-electron chi connectivity index (χ3n) is 3.77. The van der Waals surface area contributed by atoms with E-state index < -0.39 is 10.0 Å². The van der Waals surface area contributed by atoms with Gasteiger partial charge in [-0.25, -0.2) is 8.42 Å². The molecule has 24 heavy (non-hydrogen) atoms. The fourth-order valence-corrected chi connectivity index (χ4v) is 4.65. The van der Waals surface area contributed by atoms with Gasteiger partial charge in [-0.05, 0) is 54.6 Å². The molecule has 1 saturated heterocycles. The van der Waals surface area contributed by atoms with E-state index in [9.17, 15) is 13.2 Å². The Morgan fingerprint density at radius 1 is 1.12 bits per heavy atom. The zero-order valence-electron chi connectivity index (χ0n) is 13.0. The highest BCUT2D eigenvalue weighted by Crippen LogP contribution is 2.22. The van der Waals surface area contributed by atoms with E-state index in [1.807, 2.05) is 17.5 Å². The number of nitrogens with one attached hydrogen (secondary N) is 1. The molecule has 0 bridgehead atoms. The summed E-state index contributed by atoms with van der Waals surface area (Å²) in [6.45, 7) is 1.16. The van der Waals surface area contributed by atoms with Crippen LogP contribution >= 0.6 is 11.3 Å². The van der Waals surface area contributed by atoms with Gasteiger partial charge in [0.1, 0.15) is 0 Å². The molecule has 0 radical (unpaired) electrons. The standard InChI is InChI=1S/C17H18N2O3S2/c20-17(10-7-15-4-3-13-23-15)18-14-5-8-16(9-6-14)24(21,22)19-11-1-2-12-19/h3-10,13H,1-2,11-12H2,(H,18,20). The van der Waals surface area contributed by atoms with Crippen LogP contribution in [0.25, 0.3) is 6.08 Å². The molecule has 2 aromatic rings. The van der Waals surface area contributed by atoms with Gasteiger partial charge in [0.15, 0.2) is 0 Å². The van der Waals surface area contributed by atoms with Crippen molar-refractivity contribution in [2.45, 2.75) is 17.7 Å². The molecule has 3 rings (SSSR count). The van der Waals surface area contributed by atoms with E-state index in [0.717, 1.165) is 17.7 Å². The van der Waals surface area contributed by atoms with Crippen LogP contribution in [-0.4, -0.2) is 31.7 Å². The lowest BCUT2D eigenvalue weighted by Crippen LogP contribution is -2.27. The van der Waals surface area contributed by atoms with Crippen LogP contribution in [-0.2, 0) is 14.8 Å². The van der Waals surface area contributed by atoms with Crippen LogP contribution in [0.5, 0.6) is 0 Å². The maximum atomic E-state index is 12.4. The largest absolute Gasteiger partial charge is 0.323 e. The smallest absolute Gasteiger partial charge is 0.248 e. The highest BCUT2D eigenvalue weighted by molar-refractivity contribution is 7.89. The second-order valence-electron chi connectivity index (χ2n) is 5.47. The molecule has 0 saturated carbocycles. The third kappa shape index (κ3) is 3.92. The van der Waals surface area contributed by atoms with Crippen LogP contribution in [0.2, 0.25) is 0 Å². The third-order valence-corrected chi connectivity index (χ3v) is 6.52. The number of thiophene rings is 1. The van der Waals surface area contributed by atoms with Gasteiger partial charge in [0.05, 0.1) is 4.90 Å². The molecular weight excluding hydrogens is 344 g/mol. The van der Waals surface area contributed by atoms with Crippen LogP contribution in [0, 0.1) is 0 Å². The summed E-state index contributed by atoms with van der Waals surface area (Å²) in [6, 6.07) is 10.1. The first-order valence-corrected chi connectivity index (χ1v) is 10.0. The van der Waals surface area contributed by atoms with Crippen LogP contribution in [0.1, 0.15) is 17.7 Å². The zero-order chi connectivity index (χ0) is 17.0. The minimum Gasteiger partial charge on any atom is -0.323 e. The van der Waals surface area contributed by atoms with E-state index in [-0.39, 0.29) is 10.8 Å². The number of amides is 1. The monoisotopic (exact) mass is 362 g/mol. The van der Waals surface area contributed by atoms with Crippen molar-refractivity contribution in [2.24, 2.45) is 0 Å². The van der Waals surface area contributed by atoms with Crippen molar-refractivity contribution >= 4 is 39.0 Å². The van der Waals surface area contributed by atoms with Crippen molar-refractivity contribution in [1.82, 2.24) is 4.31 Å². The number of sulfonamides is 1. The molecule has 0 unspecified atom stereocenters. The Hall–Kier alpha value is -1.96.